The fraction of sp³-hybridized carbons (Fsp3) is 0.100. The molecule has 0 atom stereocenters. The van der Waals surface area contributed by atoms with Gasteiger partial charge in [-0.2, -0.15) is 0 Å². The minimum Gasteiger partial charge on any atom is -0.393 e. The monoisotopic (exact) mass is 219 g/mol. The Morgan fingerprint density at radius 1 is 1.50 bits per heavy atom. The fourth-order valence-corrected chi connectivity index (χ4v) is 1.03. The number of hydrogen-bond donors (Lipinski definition) is 2. The zero-order valence-corrected chi connectivity index (χ0v) is 8.27. The van der Waals surface area contributed by atoms with Crippen LogP contribution in [0.4, 0.5) is 11.4 Å². The first-order valence-corrected chi connectivity index (χ1v) is 4.32. The molecule has 0 aliphatic carbocycles. The van der Waals surface area contributed by atoms with E-state index in [0.29, 0.717) is 5.56 Å². The number of nitro benzene ring substituents is 1. The van der Waals surface area contributed by atoms with Crippen molar-refractivity contribution in [2.75, 3.05) is 5.73 Å². The van der Waals surface area contributed by atoms with Gasteiger partial charge in [-0.1, -0.05) is 11.8 Å². The third kappa shape index (κ3) is 2.99. The van der Waals surface area contributed by atoms with Gasteiger partial charge < -0.3 is 11.5 Å². The summed E-state index contributed by atoms with van der Waals surface area (Å²) in [7, 11) is 0. The Morgan fingerprint density at radius 3 is 2.69 bits per heavy atom. The maximum absolute atomic E-state index is 10.5. The molecule has 1 aromatic carbocycles. The summed E-state index contributed by atoms with van der Waals surface area (Å²) < 4.78 is 0. The highest BCUT2D eigenvalue weighted by molar-refractivity contribution is 5.76. The molecule has 82 valence electrons. The molecule has 6 heteroatoms. The number of rotatable bonds is 2. The number of benzene rings is 1. The van der Waals surface area contributed by atoms with E-state index in [4.69, 9.17) is 11.5 Å². The number of carbonyl (C=O) groups excluding carboxylic acids is 1. The van der Waals surface area contributed by atoms with Crippen LogP contribution in [0.1, 0.15) is 12.0 Å². The molecule has 0 spiro atoms. The summed E-state index contributed by atoms with van der Waals surface area (Å²) in [6.07, 6.45) is -0.0586. The Balaban J connectivity index is 2.92. The lowest BCUT2D eigenvalue weighted by Crippen LogP contribution is -2.08. The predicted molar refractivity (Wildman–Crippen MR) is 58.2 cm³/mol. The van der Waals surface area contributed by atoms with Gasteiger partial charge in [0, 0.05) is 11.6 Å². The van der Waals surface area contributed by atoms with Gasteiger partial charge in [-0.3, -0.25) is 14.9 Å². The van der Waals surface area contributed by atoms with E-state index in [9.17, 15) is 14.9 Å². The van der Waals surface area contributed by atoms with Crippen molar-refractivity contribution in [3.05, 3.63) is 33.9 Å². The lowest BCUT2D eigenvalue weighted by molar-refractivity contribution is -0.383. The van der Waals surface area contributed by atoms with Crippen LogP contribution in [-0.2, 0) is 4.79 Å². The highest BCUT2D eigenvalue weighted by atomic mass is 16.6. The number of nitrogens with zero attached hydrogens (tertiary/aromatic N) is 1. The normalized spacial score (nSPS) is 9.00. The number of carbonyl (C=O) groups is 1. The van der Waals surface area contributed by atoms with Gasteiger partial charge >= 0.3 is 0 Å². The largest absolute Gasteiger partial charge is 0.393 e. The molecule has 6 nitrogen and oxygen atoms in total. The zero-order chi connectivity index (χ0) is 12.1. The van der Waals surface area contributed by atoms with Gasteiger partial charge in [0.25, 0.3) is 5.69 Å². The zero-order valence-electron chi connectivity index (χ0n) is 8.27. The number of anilines is 1. The van der Waals surface area contributed by atoms with E-state index in [1.807, 2.05) is 0 Å². The van der Waals surface area contributed by atoms with Gasteiger partial charge in [0.2, 0.25) is 5.91 Å². The highest BCUT2D eigenvalue weighted by Crippen LogP contribution is 2.21. The molecule has 0 saturated carbocycles. The number of nitrogen functional groups attached to an aromatic ring is 1. The molecule has 4 N–H and O–H groups in total. The van der Waals surface area contributed by atoms with Gasteiger partial charge in [-0.15, -0.1) is 0 Å². The molecule has 0 aromatic heterocycles. The Kier molecular flexibility index (Phi) is 3.45. The van der Waals surface area contributed by atoms with Gasteiger partial charge in [0.05, 0.1) is 11.3 Å². The van der Waals surface area contributed by atoms with Gasteiger partial charge in [0.15, 0.2) is 0 Å². The quantitative estimate of drug-likeness (QED) is 0.324. The maximum Gasteiger partial charge on any atom is 0.292 e. The Labute approximate surface area is 91.4 Å². The Morgan fingerprint density at radius 2 is 2.19 bits per heavy atom. The van der Waals surface area contributed by atoms with E-state index in [-0.39, 0.29) is 17.8 Å². The second-order valence-corrected chi connectivity index (χ2v) is 2.98. The molecule has 0 saturated heterocycles. The summed E-state index contributed by atoms with van der Waals surface area (Å²) in [5.41, 5.74) is 10.7. The van der Waals surface area contributed by atoms with Crippen molar-refractivity contribution < 1.29 is 9.72 Å². The first-order chi connectivity index (χ1) is 7.50. The second-order valence-electron chi connectivity index (χ2n) is 2.98. The van der Waals surface area contributed by atoms with Crippen LogP contribution in [0.25, 0.3) is 0 Å². The van der Waals surface area contributed by atoms with Crippen molar-refractivity contribution in [3.8, 4) is 11.8 Å². The molecule has 0 aliphatic rings. The topological polar surface area (TPSA) is 112 Å². The molecule has 1 amide bonds. The molecule has 0 aliphatic heterocycles. The van der Waals surface area contributed by atoms with E-state index in [0.717, 1.165) is 0 Å². The maximum atomic E-state index is 10.5. The highest BCUT2D eigenvalue weighted by Gasteiger charge is 2.09. The average Bonchev–Trinajstić information content (AvgIpc) is 2.16. The summed E-state index contributed by atoms with van der Waals surface area (Å²) in [5, 5.41) is 10.5. The van der Waals surface area contributed by atoms with E-state index in [1.54, 1.807) is 0 Å². The number of nitro groups is 1. The third-order valence-corrected chi connectivity index (χ3v) is 1.72. The van der Waals surface area contributed by atoms with Crippen LogP contribution < -0.4 is 11.5 Å². The van der Waals surface area contributed by atoms with Gasteiger partial charge in [-0.05, 0) is 12.1 Å². The lowest BCUT2D eigenvalue weighted by Gasteiger charge is -1.96. The van der Waals surface area contributed by atoms with Crippen LogP contribution in [0.3, 0.4) is 0 Å². The van der Waals surface area contributed by atoms with Crippen molar-refractivity contribution in [2.24, 2.45) is 5.73 Å². The van der Waals surface area contributed by atoms with E-state index < -0.39 is 10.8 Å². The van der Waals surface area contributed by atoms with Crippen molar-refractivity contribution in [1.29, 1.82) is 0 Å². The van der Waals surface area contributed by atoms with Crippen LogP contribution in [0.15, 0.2) is 18.2 Å². The number of nitrogens with two attached hydrogens (primary N) is 2. The summed E-state index contributed by atoms with van der Waals surface area (Å²) in [6, 6.07) is 4.11. The molecule has 0 fully saturated rings. The summed E-state index contributed by atoms with van der Waals surface area (Å²) in [6.45, 7) is 0. The van der Waals surface area contributed by atoms with E-state index >= 15 is 0 Å². The average molecular weight is 219 g/mol. The van der Waals surface area contributed by atoms with Crippen LogP contribution >= 0.6 is 0 Å². The molecule has 0 bridgehead atoms. The Bertz CT molecular complexity index is 500. The third-order valence-electron chi connectivity index (χ3n) is 1.72. The lowest BCUT2D eigenvalue weighted by atomic mass is 10.2. The molecule has 0 unspecified atom stereocenters. The van der Waals surface area contributed by atoms with Crippen LogP contribution in [0, 0.1) is 22.0 Å². The van der Waals surface area contributed by atoms with Crippen molar-refractivity contribution >= 4 is 17.3 Å². The van der Waals surface area contributed by atoms with E-state index in [1.165, 1.54) is 18.2 Å². The summed E-state index contributed by atoms with van der Waals surface area (Å²) >= 11 is 0. The molecule has 16 heavy (non-hydrogen) atoms. The first-order valence-electron chi connectivity index (χ1n) is 4.32. The first kappa shape index (κ1) is 11.5. The SMILES string of the molecule is NC(=O)CC#Cc1ccc([N+](=O)[O-])c(N)c1. The minimum atomic E-state index is -0.573. The molecule has 1 rings (SSSR count). The molecule has 1 aromatic rings. The van der Waals surface area contributed by atoms with Crippen molar-refractivity contribution in [1.82, 2.24) is 0 Å². The van der Waals surface area contributed by atoms with Crippen LogP contribution in [0.2, 0.25) is 0 Å². The standard InChI is InChI=1S/C10H9N3O3/c11-8-6-7(2-1-3-10(12)14)4-5-9(8)13(15)16/h4-6H,3,11H2,(H2,12,14). The minimum absolute atomic E-state index is 0.0378. The second kappa shape index (κ2) is 4.79. The molecule has 0 heterocycles. The van der Waals surface area contributed by atoms with Crippen LogP contribution in [-0.4, -0.2) is 10.8 Å². The van der Waals surface area contributed by atoms with Crippen molar-refractivity contribution in [2.45, 2.75) is 6.42 Å². The van der Waals surface area contributed by atoms with Gasteiger partial charge in [-0.25, -0.2) is 0 Å². The number of primary amides is 1. The summed E-state index contributed by atoms with van der Waals surface area (Å²) in [4.78, 5) is 20.3. The Hall–Kier alpha value is -2.55. The van der Waals surface area contributed by atoms with Crippen molar-refractivity contribution in [3.63, 3.8) is 0 Å². The predicted octanol–water partition coefficient (Wildman–Crippen LogP) is 0.404. The van der Waals surface area contributed by atoms with Gasteiger partial charge in [0.1, 0.15) is 5.69 Å². The van der Waals surface area contributed by atoms with Crippen LogP contribution in [0.5, 0.6) is 0 Å². The summed E-state index contributed by atoms with van der Waals surface area (Å²) in [5.74, 6) is 4.63. The molecule has 0 radical (unpaired) electrons. The number of hydrogen-bond acceptors (Lipinski definition) is 4. The number of amides is 1. The van der Waals surface area contributed by atoms with E-state index in [2.05, 4.69) is 11.8 Å². The molecular formula is C10H9N3O3. The smallest absolute Gasteiger partial charge is 0.292 e. The molecular weight excluding hydrogens is 210 g/mol. The fourth-order valence-electron chi connectivity index (χ4n) is 1.03.